The minimum atomic E-state index is -0.150. The lowest BCUT2D eigenvalue weighted by molar-refractivity contribution is -0.900. The second kappa shape index (κ2) is 9.58. The lowest BCUT2D eigenvalue weighted by Gasteiger charge is -2.33. The van der Waals surface area contributed by atoms with E-state index in [0.29, 0.717) is 34.9 Å². The van der Waals surface area contributed by atoms with Gasteiger partial charge in [0.05, 0.1) is 50.5 Å². The minimum Gasteiger partial charge on any atom is -1.00 e. The van der Waals surface area contributed by atoms with Crippen molar-refractivity contribution in [1.29, 1.82) is 0 Å². The summed E-state index contributed by atoms with van der Waals surface area (Å²) in [6.45, 7) is 5.27. The molecular weight excluding hydrogens is 433 g/mol. The lowest BCUT2D eigenvalue weighted by Crippen LogP contribution is -3.14. The zero-order chi connectivity index (χ0) is 21.2. The molecule has 2 N–H and O–H groups in total. The molecule has 0 bridgehead atoms. The number of nitrogens with zero attached hydrogens (tertiary/aromatic N) is 3. The molecule has 0 atom stereocenters. The van der Waals surface area contributed by atoms with Gasteiger partial charge in [-0.25, -0.2) is 4.39 Å². The number of aromatic nitrogens is 3. The van der Waals surface area contributed by atoms with Crippen LogP contribution in [0.2, 0.25) is 0 Å². The van der Waals surface area contributed by atoms with Crippen molar-refractivity contribution in [3.05, 3.63) is 70.9 Å². The van der Waals surface area contributed by atoms with Crippen molar-refractivity contribution in [3.8, 4) is 5.88 Å². The Morgan fingerprint density at radius 3 is 2.72 bits per heavy atom. The van der Waals surface area contributed by atoms with Gasteiger partial charge in [0.25, 0.3) is 5.56 Å². The summed E-state index contributed by atoms with van der Waals surface area (Å²) in [5.74, 6) is 0.400. The van der Waals surface area contributed by atoms with Crippen molar-refractivity contribution in [2.24, 2.45) is 0 Å². The number of rotatable bonds is 6. The minimum absolute atomic E-state index is 0. The van der Waals surface area contributed by atoms with E-state index >= 15 is 0 Å². The fourth-order valence-electron chi connectivity index (χ4n) is 4.25. The van der Waals surface area contributed by atoms with Crippen LogP contribution in [0.3, 0.4) is 0 Å². The molecule has 1 saturated heterocycles. The zero-order valence-electron chi connectivity index (χ0n) is 17.6. The third-order valence-corrected chi connectivity index (χ3v) is 5.90. The van der Waals surface area contributed by atoms with Crippen LogP contribution in [-0.4, -0.2) is 53.7 Å². The number of para-hydroxylation sites is 1. The highest BCUT2D eigenvalue weighted by molar-refractivity contribution is 5.74. The predicted octanol–water partition coefficient (Wildman–Crippen LogP) is -1.51. The summed E-state index contributed by atoms with van der Waals surface area (Å²) in [6, 6.07) is 14.2. The number of nitrogens with one attached hydrogen (secondary N) is 2. The molecule has 7 nitrogen and oxygen atoms in total. The van der Waals surface area contributed by atoms with Crippen molar-refractivity contribution in [2.45, 2.75) is 6.42 Å². The average Bonchev–Trinajstić information content (AvgIpc) is 3.29. The van der Waals surface area contributed by atoms with Crippen molar-refractivity contribution >= 4 is 22.4 Å². The molecule has 0 radical (unpaired) electrons. The molecule has 9 heteroatoms. The largest absolute Gasteiger partial charge is 1.00 e. The average molecular weight is 458 g/mol. The molecule has 4 heterocycles. The topological polar surface area (TPSA) is 67.1 Å². The van der Waals surface area contributed by atoms with Crippen LogP contribution < -0.4 is 32.5 Å². The number of pyridine rings is 1. The zero-order valence-corrected chi connectivity index (χ0v) is 18.3. The molecular formula is C23H25ClFN5O2. The summed E-state index contributed by atoms with van der Waals surface area (Å²) in [7, 11) is 0. The van der Waals surface area contributed by atoms with Gasteiger partial charge in [-0.3, -0.25) is 9.20 Å². The van der Waals surface area contributed by atoms with Gasteiger partial charge in [0.15, 0.2) is 5.65 Å². The molecule has 1 fully saturated rings. The highest BCUT2D eigenvalue weighted by atomic mass is 35.5. The van der Waals surface area contributed by atoms with Gasteiger partial charge < -0.3 is 31.9 Å². The summed E-state index contributed by atoms with van der Waals surface area (Å²) >= 11 is 0. The SMILES string of the molecule is O=c1[nH]c2ccc(OCCC[NH+]3CCN(c4ccccc4F)CC3)nc2n2cccc12.[Cl-]. The van der Waals surface area contributed by atoms with Gasteiger partial charge in [-0.05, 0) is 30.3 Å². The number of anilines is 1. The van der Waals surface area contributed by atoms with Gasteiger partial charge >= 0.3 is 0 Å². The van der Waals surface area contributed by atoms with Gasteiger partial charge in [0, 0.05) is 18.7 Å². The molecule has 0 amide bonds. The van der Waals surface area contributed by atoms with Gasteiger partial charge in [0.2, 0.25) is 5.88 Å². The number of hydrogen-bond acceptors (Lipinski definition) is 4. The fraction of sp³-hybridized carbons (Fsp3) is 0.304. The van der Waals surface area contributed by atoms with E-state index in [1.165, 1.54) is 11.0 Å². The number of ether oxygens (including phenoxy) is 1. The van der Waals surface area contributed by atoms with Gasteiger partial charge in [-0.1, -0.05) is 12.1 Å². The summed E-state index contributed by atoms with van der Waals surface area (Å²) in [5, 5.41) is 0. The molecule has 5 rings (SSSR count). The first-order valence-electron chi connectivity index (χ1n) is 10.6. The van der Waals surface area contributed by atoms with Crippen LogP contribution >= 0.6 is 0 Å². The third-order valence-electron chi connectivity index (χ3n) is 5.90. The molecule has 0 spiro atoms. The van der Waals surface area contributed by atoms with E-state index in [-0.39, 0.29) is 23.8 Å². The van der Waals surface area contributed by atoms with Crippen LogP contribution in [0.1, 0.15) is 6.42 Å². The molecule has 168 valence electrons. The number of piperazine rings is 1. The highest BCUT2D eigenvalue weighted by Crippen LogP contribution is 2.18. The molecule has 0 aliphatic carbocycles. The van der Waals surface area contributed by atoms with Crippen molar-refractivity contribution in [3.63, 3.8) is 0 Å². The first-order valence-corrected chi connectivity index (χ1v) is 10.6. The van der Waals surface area contributed by atoms with E-state index in [9.17, 15) is 9.18 Å². The van der Waals surface area contributed by atoms with Crippen LogP contribution in [0.15, 0.2) is 59.5 Å². The second-order valence-corrected chi connectivity index (χ2v) is 7.88. The highest BCUT2D eigenvalue weighted by Gasteiger charge is 2.21. The van der Waals surface area contributed by atoms with Crippen LogP contribution in [0.4, 0.5) is 10.1 Å². The van der Waals surface area contributed by atoms with Gasteiger partial charge in [-0.2, -0.15) is 4.98 Å². The van der Waals surface area contributed by atoms with Crippen molar-refractivity contribution in [2.75, 3.05) is 44.2 Å². The maximum Gasteiger partial charge on any atom is 0.272 e. The first-order chi connectivity index (χ1) is 15.2. The summed E-state index contributed by atoms with van der Waals surface area (Å²) in [5.41, 5.74) is 2.48. The molecule has 0 unspecified atom stereocenters. The van der Waals surface area contributed by atoms with Crippen LogP contribution in [0.25, 0.3) is 16.7 Å². The number of H-pyrrole nitrogens is 1. The monoisotopic (exact) mass is 457 g/mol. The number of benzene rings is 1. The Balaban J connectivity index is 0.00000245. The van der Waals surface area contributed by atoms with E-state index in [1.807, 2.05) is 30.5 Å². The Morgan fingerprint density at radius 1 is 1.09 bits per heavy atom. The molecule has 1 aromatic carbocycles. The van der Waals surface area contributed by atoms with Crippen molar-refractivity contribution < 1.29 is 26.4 Å². The lowest BCUT2D eigenvalue weighted by atomic mass is 10.2. The Labute approximate surface area is 190 Å². The molecule has 1 aliphatic rings. The van der Waals surface area contributed by atoms with Crippen molar-refractivity contribution in [1.82, 2.24) is 14.4 Å². The van der Waals surface area contributed by atoms with Gasteiger partial charge in [-0.15, -0.1) is 0 Å². The Hall–Kier alpha value is -3.10. The number of aromatic amines is 1. The van der Waals surface area contributed by atoms with Crippen LogP contribution in [0, 0.1) is 5.82 Å². The van der Waals surface area contributed by atoms with E-state index < -0.39 is 0 Å². The van der Waals surface area contributed by atoms with E-state index in [1.54, 1.807) is 22.6 Å². The smallest absolute Gasteiger partial charge is 0.272 e. The maximum absolute atomic E-state index is 14.0. The van der Waals surface area contributed by atoms with Crippen LogP contribution in [-0.2, 0) is 0 Å². The summed E-state index contributed by atoms with van der Waals surface area (Å²) in [4.78, 5) is 23.1. The number of quaternary nitrogens is 1. The number of hydrogen-bond donors (Lipinski definition) is 2. The van der Waals surface area contributed by atoms with Crippen LogP contribution in [0.5, 0.6) is 5.88 Å². The van der Waals surface area contributed by atoms with E-state index in [2.05, 4.69) is 14.9 Å². The Bertz CT molecular complexity index is 1270. The molecule has 4 aromatic rings. The van der Waals surface area contributed by atoms with Gasteiger partial charge in [0.1, 0.15) is 11.3 Å². The quantitative estimate of drug-likeness (QED) is 0.346. The number of halogens is 2. The van der Waals surface area contributed by atoms with E-state index in [4.69, 9.17) is 4.74 Å². The summed E-state index contributed by atoms with van der Waals surface area (Å²) < 4.78 is 21.6. The summed E-state index contributed by atoms with van der Waals surface area (Å²) in [6.07, 6.45) is 2.74. The predicted molar refractivity (Wildman–Crippen MR) is 118 cm³/mol. The molecule has 3 aromatic heterocycles. The normalized spacial score (nSPS) is 14.6. The third kappa shape index (κ3) is 4.42. The fourth-order valence-corrected chi connectivity index (χ4v) is 4.25. The molecule has 1 aliphatic heterocycles. The van der Waals surface area contributed by atoms with E-state index in [0.717, 1.165) is 39.1 Å². The molecule has 0 saturated carbocycles. The standard InChI is InChI=1S/C23H24FN5O2.ClH/c24-17-5-1-2-6-19(17)28-14-12-27(13-15-28)10-4-16-31-21-9-8-18-22(26-21)29-11-3-7-20(29)23(30)25-18;/h1-3,5-9,11H,4,10,12-16H2,(H,25,30);1H. The second-order valence-electron chi connectivity index (χ2n) is 7.88. The Kier molecular flexibility index (Phi) is 6.62. The number of fused-ring (bicyclic) bond motifs is 3. The maximum atomic E-state index is 14.0. The molecule has 32 heavy (non-hydrogen) atoms. The first kappa shape index (κ1) is 22.1. The Morgan fingerprint density at radius 2 is 1.91 bits per heavy atom.